The molecule has 0 radical (unpaired) electrons. The van der Waals surface area contributed by atoms with E-state index >= 15 is 0 Å². The highest BCUT2D eigenvalue weighted by atomic mass is 14.8. The number of nitrogens with zero attached hydrogens (tertiary/aromatic N) is 1. The van der Waals surface area contributed by atoms with E-state index in [4.69, 9.17) is 5.26 Å². The minimum absolute atomic E-state index is 0.640. The lowest BCUT2D eigenvalue weighted by molar-refractivity contribution is 0.417. The standard InChI is InChI=1S/C10H16N2/c1-12-10(8-11)7-9-5-3-2-4-6-9/h7,9,12H,2-6H2,1H3/b10-7-. The van der Waals surface area contributed by atoms with Gasteiger partial charge in [0.1, 0.15) is 11.8 Å². The Bertz CT molecular complexity index is 194. The second kappa shape index (κ2) is 4.82. The predicted octanol–water partition coefficient (Wildman–Crippen LogP) is 2.19. The zero-order valence-corrected chi connectivity index (χ0v) is 7.64. The first-order valence-electron chi connectivity index (χ1n) is 4.66. The summed E-state index contributed by atoms with van der Waals surface area (Å²) < 4.78 is 0. The predicted molar refractivity (Wildman–Crippen MR) is 49.3 cm³/mol. The normalized spacial score (nSPS) is 20.2. The van der Waals surface area contributed by atoms with Crippen molar-refractivity contribution in [3.63, 3.8) is 0 Å². The number of nitriles is 1. The van der Waals surface area contributed by atoms with Crippen LogP contribution in [0.2, 0.25) is 0 Å². The third-order valence-electron chi connectivity index (χ3n) is 2.44. The Hall–Kier alpha value is -0.970. The average Bonchev–Trinajstić information content (AvgIpc) is 2.16. The van der Waals surface area contributed by atoms with Crippen LogP contribution < -0.4 is 5.32 Å². The van der Waals surface area contributed by atoms with Gasteiger partial charge in [-0.2, -0.15) is 5.26 Å². The summed E-state index contributed by atoms with van der Waals surface area (Å²) in [6.45, 7) is 0. The van der Waals surface area contributed by atoms with Gasteiger partial charge in [0.15, 0.2) is 0 Å². The Balaban J connectivity index is 2.46. The van der Waals surface area contributed by atoms with Gasteiger partial charge in [0.05, 0.1) is 0 Å². The van der Waals surface area contributed by atoms with Crippen molar-refractivity contribution in [1.82, 2.24) is 5.32 Å². The van der Waals surface area contributed by atoms with Crippen LogP contribution in [0, 0.1) is 17.2 Å². The highest BCUT2D eigenvalue weighted by Crippen LogP contribution is 2.24. The molecular weight excluding hydrogens is 148 g/mol. The SMILES string of the molecule is CN/C(C#N)=C\C1CCCCC1. The summed E-state index contributed by atoms with van der Waals surface area (Å²) in [4.78, 5) is 0. The molecule has 0 spiro atoms. The molecular formula is C10H16N2. The molecule has 12 heavy (non-hydrogen) atoms. The van der Waals surface area contributed by atoms with E-state index in [1.165, 1.54) is 32.1 Å². The molecule has 0 atom stereocenters. The maximum atomic E-state index is 8.68. The lowest BCUT2D eigenvalue weighted by atomic mass is 9.89. The summed E-state index contributed by atoms with van der Waals surface area (Å²) in [6.07, 6.45) is 8.61. The van der Waals surface area contributed by atoms with Crippen LogP contribution in [0.5, 0.6) is 0 Å². The number of hydrogen-bond acceptors (Lipinski definition) is 2. The van der Waals surface area contributed by atoms with Crippen molar-refractivity contribution in [2.24, 2.45) is 5.92 Å². The van der Waals surface area contributed by atoms with Crippen molar-refractivity contribution < 1.29 is 0 Å². The molecule has 0 aromatic carbocycles. The molecule has 0 heterocycles. The lowest BCUT2D eigenvalue weighted by Crippen LogP contribution is -2.09. The third kappa shape index (κ3) is 2.58. The van der Waals surface area contributed by atoms with E-state index in [1.807, 2.05) is 0 Å². The van der Waals surface area contributed by atoms with E-state index in [-0.39, 0.29) is 0 Å². The molecule has 0 aliphatic heterocycles. The fourth-order valence-electron chi connectivity index (χ4n) is 1.71. The average molecular weight is 164 g/mol. The summed E-state index contributed by atoms with van der Waals surface area (Å²) >= 11 is 0. The largest absolute Gasteiger partial charge is 0.380 e. The number of allylic oxidation sites excluding steroid dienone is 2. The summed E-state index contributed by atoms with van der Waals surface area (Å²) in [5, 5.41) is 11.6. The van der Waals surface area contributed by atoms with Gasteiger partial charge in [-0.3, -0.25) is 0 Å². The number of nitrogens with one attached hydrogen (secondary N) is 1. The molecule has 0 amide bonds. The van der Waals surface area contributed by atoms with Crippen LogP contribution in [0.15, 0.2) is 11.8 Å². The zero-order valence-electron chi connectivity index (χ0n) is 7.64. The molecule has 1 saturated carbocycles. The first-order chi connectivity index (χ1) is 5.86. The summed E-state index contributed by atoms with van der Waals surface area (Å²) in [5.74, 6) is 0.640. The Labute approximate surface area is 74.3 Å². The van der Waals surface area contributed by atoms with Crippen molar-refractivity contribution in [2.45, 2.75) is 32.1 Å². The molecule has 0 unspecified atom stereocenters. The molecule has 0 aromatic heterocycles. The van der Waals surface area contributed by atoms with Gasteiger partial charge in [0.25, 0.3) is 0 Å². The second-order valence-electron chi connectivity index (χ2n) is 3.34. The van der Waals surface area contributed by atoms with E-state index in [1.54, 1.807) is 7.05 Å². The van der Waals surface area contributed by atoms with Crippen molar-refractivity contribution in [3.8, 4) is 6.07 Å². The molecule has 1 aliphatic rings. The topological polar surface area (TPSA) is 35.8 Å². The highest BCUT2D eigenvalue weighted by Gasteiger charge is 2.11. The minimum Gasteiger partial charge on any atom is -0.380 e. The fourth-order valence-corrected chi connectivity index (χ4v) is 1.71. The van der Waals surface area contributed by atoms with Gasteiger partial charge in [-0.05, 0) is 24.8 Å². The maximum Gasteiger partial charge on any atom is 0.117 e. The van der Waals surface area contributed by atoms with E-state index < -0.39 is 0 Å². The number of hydrogen-bond donors (Lipinski definition) is 1. The van der Waals surface area contributed by atoms with Gasteiger partial charge in [-0.25, -0.2) is 0 Å². The van der Waals surface area contributed by atoms with Crippen molar-refractivity contribution >= 4 is 0 Å². The Morgan fingerprint density at radius 3 is 2.58 bits per heavy atom. The molecule has 2 nitrogen and oxygen atoms in total. The minimum atomic E-state index is 0.640. The zero-order chi connectivity index (χ0) is 8.81. The van der Waals surface area contributed by atoms with Crippen molar-refractivity contribution in [1.29, 1.82) is 5.26 Å². The molecule has 1 aliphatic carbocycles. The lowest BCUT2D eigenvalue weighted by Gasteiger charge is -2.18. The van der Waals surface area contributed by atoms with Gasteiger partial charge < -0.3 is 5.32 Å². The van der Waals surface area contributed by atoms with Crippen molar-refractivity contribution in [2.75, 3.05) is 7.05 Å². The Kier molecular flexibility index (Phi) is 3.66. The summed E-state index contributed by atoms with van der Waals surface area (Å²) in [7, 11) is 1.80. The first kappa shape index (κ1) is 9.12. The second-order valence-corrected chi connectivity index (χ2v) is 3.34. The van der Waals surface area contributed by atoms with Crippen LogP contribution in [-0.2, 0) is 0 Å². The van der Waals surface area contributed by atoms with E-state index in [9.17, 15) is 0 Å². The molecule has 2 heteroatoms. The van der Waals surface area contributed by atoms with Crippen LogP contribution in [0.1, 0.15) is 32.1 Å². The van der Waals surface area contributed by atoms with E-state index in [0.717, 1.165) is 5.70 Å². The van der Waals surface area contributed by atoms with Gasteiger partial charge >= 0.3 is 0 Å². The van der Waals surface area contributed by atoms with Gasteiger partial charge in [-0.15, -0.1) is 0 Å². The fraction of sp³-hybridized carbons (Fsp3) is 0.700. The Morgan fingerprint density at radius 1 is 1.42 bits per heavy atom. The molecule has 1 rings (SSSR count). The smallest absolute Gasteiger partial charge is 0.117 e. The quantitative estimate of drug-likeness (QED) is 0.635. The van der Waals surface area contributed by atoms with Crippen LogP contribution in [-0.4, -0.2) is 7.05 Å². The van der Waals surface area contributed by atoms with Crippen molar-refractivity contribution in [3.05, 3.63) is 11.8 Å². The van der Waals surface area contributed by atoms with E-state index in [2.05, 4.69) is 17.5 Å². The van der Waals surface area contributed by atoms with Gasteiger partial charge in [0.2, 0.25) is 0 Å². The van der Waals surface area contributed by atoms with E-state index in [0.29, 0.717) is 5.92 Å². The molecule has 0 bridgehead atoms. The van der Waals surface area contributed by atoms with Gasteiger partial charge in [-0.1, -0.05) is 19.3 Å². The van der Waals surface area contributed by atoms with Gasteiger partial charge in [0, 0.05) is 7.05 Å². The molecule has 1 N–H and O–H groups in total. The highest BCUT2D eigenvalue weighted by molar-refractivity contribution is 5.18. The number of rotatable bonds is 2. The third-order valence-corrected chi connectivity index (χ3v) is 2.44. The first-order valence-corrected chi connectivity index (χ1v) is 4.66. The molecule has 1 fully saturated rings. The monoisotopic (exact) mass is 164 g/mol. The Morgan fingerprint density at radius 2 is 2.08 bits per heavy atom. The molecule has 0 aromatic rings. The van der Waals surface area contributed by atoms with Crippen LogP contribution in [0.4, 0.5) is 0 Å². The molecule has 0 saturated heterocycles. The maximum absolute atomic E-state index is 8.68. The molecule has 66 valence electrons. The van der Waals surface area contributed by atoms with Crippen LogP contribution >= 0.6 is 0 Å². The van der Waals surface area contributed by atoms with Crippen LogP contribution in [0.25, 0.3) is 0 Å². The summed E-state index contributed by atoms with van der Waals surface area (Å²) in [6, 6.07) is 2.15. The summed E-state index contributed by atoms with van der Waals surface area (Å²) in [5.41, 5.74) is 0.724. The van der Waals surface area contributed by atoms with Crippen LogP contribution in [0.3, 0.4) is 0 Å².